The molecule has 1 heterocycles. The third-order valence-electron chi connectivity index (χ3n) is 3.90. The lowest BCUT2D eigenvalue weighted by atomic mass is 9.98. The smallest absolute Gasteiger partial charge is 0.363 e. The zero-order valence-electron chi connectivity index (χ0n) is 14.5. The average Bonchev–Trinajstić information content (AvgIpc) is 2.55. The second-order valence-electron chi connectivity index (χ2n) is 6.33. The van der Waals surface area contributed by atoms with E-state index in [0.29, 0.717) is 0 Å². The van der Waals surface area contributed by atoms with Crippen molar-refractivity contribution in [1.82, 2.24) is 0 Å². The number of benzene rings is 1. The van der Waals surface area contributed by atoms with Crippen LogP contribution in [-0.4, -0.2) is 29.9 Å². The molecule has 4 nitrogen and oxygen atoms in total. The van der Waals surface area contributed by atoms with Crippen LogP contribution in [0.5, 0.6) is 0 Å². The summed E-state index contributed by atoms with van der Waals surface area (Å²) in [5, 5.41) is 18.5. The lowest BCUT2D eigenvalue weighted by molar-refractivity contribution is -0.536. The van der Waals surface area contributed by atoms with Gasteiger partial charge in [-0.1, -0.05) is 18.2 Å². The summed E-state index contributed by atoms with van der Waals surface area (Å²) in [5.41, 5.74) is 2.67. The summed E-state index contributed by atoms with van der Waals surface area (Å²) in [7, 11) is 4.01. The van der Waals surface area contributed by atoms with E-state index in [-0.39, 0.29) is 5.71 Å². The number of nitriles is 2. The third kappa shape index (κ3) is 3.62. The van der Waals surface area contributed by atoms with Crippen molar-refractivity contribution in [1.29, 1.82) is 10.5 Å². The molecule has 2 rings (SSSR count). The van der Waals surface area contributed by atoms with Crippen LogP contribution >= 0.6 is 0 Å². The highest BCUT2D eigenvalue weighted by Gasteiger charge is 2.35. The van der Waals surface area contributed by atoms with E-state index in [0.717, 1.165) is 16.9 Å². The maximum atomic E-state index is 9.26. The Morgan fingerprint density at radius 2 is 1.71 bits per heavy atom. The van der Waals surface area contributed by atoms with Gasteiger partial charge in [-0.25, -0.2) is 0 Å². The molecule has 1 aliphatic heterocycles. The van der Waals surface area contributed by atoms with E-state index in [2.05, 4.69) is 12.1 Å². The molecule has 0 N–H and O–H groups in total. The highest BCUT2D eigenvalue weighted by Crippen LogP contribution is 2.23. The molecule has 1 aliphatic rings. The molecule has 0 aliphatic carbocycles. The average molecular weight is 317 g/mol. The first-order chi connectivity index (χ1) is 11.4. The van der Waals surface area contributed by atoms with Crippen LogP contribution < -0.4 is 4.90 Å². The lowest BCUT2D eigenvalue weighted by Crippen LogP contribution is -2.38. The van der Waals surface area contributed by atoms with Gasteiger partial charge in [0.15, 0.2) is 17.7 Å². The van der Waals surface area contributed by atoms with Gasteiger partial charge in [0, 0.05) is 45.8 Å². The van der Waals surface area contributed by atoms with Crippen molar-refractivity contribution in [3.63, 3.8) is 0 Å². The minimum absolute atomic E-state index is 0.0863. The topological polar surface area (TPSA) is 53.8 Å². The minimum atomic E-state index is -0.427. The molecule has 0 spiro atoms. The Balaban J connectivity index is 2.38. The van der Waals surface area contributed by atoms with Crippen LogP contribution in [-0.2, 0) is 0 Å². The molecule has 0 atom stereocenters. The first-order valence-electron chi connectivity index (χ1n) is 7.71. The molecule has 1 aromatic carbocycles. The largest absolute Gasteiger partial charge is 0.378 e. The van der Waals surface area contributed by atoms with Crippen LogP contribution in [0.2, 0.25) is 0 Å². The molecular formula is C20H21N4+. The standard InChI is InChI=1S/C20H21N4/c1-20(2)13-5-6-18(24(20)19(14-21)15-22)12-9-16-7-10-17(11-8-16)23(3)4/h5-13H,1-4H3/q+1. The van der Waals surface area contributed by atoms with E-state index in [1.807, 2.05) is 87.5 Å². The number of rotatable bonds is 3. The zero-order chi connectivity index (χ0) is 17.7. The molecule has 24 heavy (non-hydrogen) atoms. The van der Waals surface area contributed by atoms with Crippen LogP contribution in [0.3, 0.4) is 0 Å². The second kappa shape index (κ2) is 6.98. The SMILES string of the molecule is CN(C)c1ccc(C=CC2=CC=CC(C)(C)[N+]2=C(C#N)C#N)cc1. The summed E-state index contributed by atoms with van der Waals surface area (Å²) in [6.07, 6.45) is 9.76. The number of hydrogen-bond donors (Lipinski definition) is 0. The first-order valence-corrected chi connectivity index (χ1v) is 7.71. The van der Waals surface area contributed by atoms with Crippen LogP contribution in [0, 0.1) is 22.7 Å². The highest BCUT2D eigenvalue weighted by molar-refractivity contribution is 6.07. The van der Waals surface area contributed by atoms with E-state index in [1.165, 1.54) is 0 Å². The molecular weight excluding hydrogens is 296 g/mol. The molecule has 0 saturated heterocycles. The molecule has 1 aromatic rings. The fourth-order valence-corrected chi connectivity index (χ4v) is 2.60. The van der Waals surface area contributed by atoms with Crippen molar-refractivity contribution in [3.05, 3.63) is 59.8 Å². The van der Waals surface area contributed by atoms with Crippen molar-refractivity contribution in [2.24, 2.45) is 0 Å². The zero-order valence-corrected chi connectivity index (χ0v) is 14.5. The maximum Gasteiger partial charge on any atom is 0.363 e. The Labute approximate surface area is 143 Å². The van der Waals surface area contributed by atoms with Gasteiger partial charge in [0.2, 0.25) is 5.70 Å². The molecule has 0 amide bonds. The van der Waals surface area contributed by atoms with Gasteiger partial charge in [-0.2, -0.15) is 15.1 Å². The van der Waals surface area contributed by atoms with Gasteiger partial charge in [-0.05, 0) is 29.8 Å². The van der Waals surface area contributed by atoms with E-state index >= 15 is 0 Å². The summed E-state index contributed by atoms with van der Waals surface area (Å²) in [5.74, 6) is 0. The van der Waals surface area contributed by atoms with Gasteiger partial charge >= 0.3 is 5.71 Å². The van der Waals surface area contributed by atoms with Crippen LogP contribution in [0.25, 0.3) is 6.08 Å². The summed E-state index contributed by atoms with van der Waals surface area (Å²) < 4.78 is 1.76. The normalized spacial score (nSPS) is 15.6. The fourth-order valence-electron chi connectivity index (χ4n) is 2.60. The van der Waals surface area contributed by atoms with Gasteiger partial charge in [0.05, 0.1) is 0 Å². The Bertz CT molecular complexity index is 804. The predicted molar refractivity (Wildman–Crippen MR) is 97.6 cm³/mol. The molecule has 0 saturated carbocycles. The van der Waals surface area contributed by atoms with Crippen LogP contribution in [0.4, 0.5) is 5.69 Å². The molecule has 120 valence electrons. The van der Waals surface area contributed by atoms with Crippen molar-refractivity contribution < 1.29 is 4.58 Å². The quantitative estimate of drug-likeness (QED) is 0.802. The molecule has 0 fully saturated rings. The maximum absolute atomic E-state index is 9.26. The van der Waals surface area contributed by atoms with Gasteiger partial charge < -0.3 is 4.90 Å². The number of hydrogen-bond acceptors (Lipinski definition) is 3. The van der Waals surface area contributed by atoms with Gasteiger partial charge in [-0.15, -0.1) is 0 Å². The van der Waals surface area contributed by atoms with Gasteiger partial charge in [-0.3, -0.25) is 0 Å². The van der Waals surface area contributed by atoms with Crippen LogP contribution in [0.15, 0.2) is 54.3 Å². The Kier molecular flexibility index (Phi) is 5.02. The number of anilines is 1. The summed E-state index contributed by atoms with van der Waals surface area (Å²) in [4.78, 5) is 2.05. The highest BCUT2D eigenvalue weighted by atomic mass is 15.1. The Morgan fingerprint density at radius 1 is 1.08 bits per heavy atom. The first kappa shape index (κ1) is 17.2. The Hall–Kier alpha value is -3.11. The van der Waals surface area contributed by atoms with Gasteiger partial charge in [0.25, 0.3) is 0 Å². The lowest BCUT2D eigenvalue weighted by Gasteiger charge is -2.21. The van der Waals surface area contributed by atoms with Crippen molar-refractivity contribution in [2.75, 3.05) is 19.0 Å². The van der Waals surface area contributed by atoms with Crippen LogP contribution in [0.1, 0.15) is 19.4 Å². The molecule has 0 radical (unpaired) electrons. The molecule has 0 aromatic heterocycles. The van der Waals surface area contributed by atoms with Gasteiger partial charge in [0.1, 0.15) is 0 Å². The molecule has 0 bridgehead atoms. The van der Waals surface area contributed by atoms with E-state index in [9.17, 15) is 10.5 Å². The van der Waals surface area contributed by atoms with E-state index in [1.54, 1.807) is 4.58 Å². The van der Waals surface area contributed by atoms with Crippen molar-refractivity contribution in [3.8, 4) is 12.1 Å². The summed E-state index contributed by atoms with van der Waals surface area (Å²) in [6, 6.07) is 12.2. The molecule has 0 unspecified atom stereocenters. The minimum Gasteiger partial charge on any atom is -0.378 e. The fraction of sp³-hybridized carbons (Fsp3) is 0.250. The summed E-state index contributed by atoms with van der Waals surface area (Å²) in [6.45, 7) is 3.95. The monoisotopic (exact) mass is 317 g/mol. The number of allylic oxidation sites excluding steroid dienone is 3. The predicted octanol–water partition coefficient (Wildman–Crippen LogP) is 3.50. The van der Waals surface area contributed by atoms with Crippen molar-refractivity contribution >= 4 is 17.5 Å². The number of nitrogens with zero attached hydrogens (tertiary/aromatic N) is 4. The van der Waals surface area contributed by atoms with Crippen molar-refractivity contribution in [2.45, 2.75) is 19.4 Å². The molecule has 4 heteroatoms. The van der Waals surface area contributed by atoms with E-state index < -0.39 is 5.54 Å². The van der Waals surface area contributed by atoms with E-state index in [4.69, 9.17) is 0 Å². The Morgan fingerprint density at radius 3 is 2.25 bits per heavy atom. The second-order valence-corrected chi connectivity index (χ2v) is 6.33. The summed E-state index contributed by atoms with van der Waals surface area (Å²) >= 11 is 0. The third-order valence-corrected chi connectivity index (χ3v) is 3.90.